The Kier molecular flexibility index (Phi) is 12.7. The summed E-state index contributed by atoms with van der Waals surface area (Å²) in [4.78, 5) is 0. The lowest BCUT2D eigenvalue weighted by Crippen LogP contribution is -2.24. The fraction of sp³-hybridized carbons (Fsp3) is 0.786. The van der Waals surface area contributed by atoms with E-state index in [0.29, 0.717) is 0 Å². The average Bonchev–Trinajstić information content (AvgIpc) is 2.71. The molecule has 1 aromatic carbocycles. The summed E-state index contributed by atoms with van der Waals surface area (Å²) in [5.41, 5.74) is 3.38. The number of hydrogen-bond acceptors (Lipinski definition) is 0. The van der Waals surface area contributed by atoms with Gasteiger partial charge in [-0.3, -0.25) is 0 Å². The number of unbranched alkanes of at least 4 members (excludes halogenated alkanes) is 14. The first-order valence-corrected chi connectivity index (χ1v) is 13.0. The summed E-state index contributed by atoms with van der Waals surface area (Å²) in [5.74, 6) is 1.75. The van der Waals surface area contributed by atoms with Gasteiger partial charge in [0.15, 0.2) is 0 Å². The first kappa shape index (κ1) is 23.5. The van der Waals surface area contributed by atoms with Crippen LogP contribution in [0.5, 0.6) is 0 Å². The maximum Gasteiger partial charge on any atom is -0.00901 e. The van der Waals surface area contributed by atoms with Crippen molar-refractivity contribution in [1.29, 1.82) is 0 Å². The molecule has 0 saturated carbocycles. The highest BCUT2D eigenvalue weighted by atomic mass is 14.4. The normalized spacial score (nSPS) is 18.1. The van der Waals surface area contributed by atoms with Crippen LogP contribution < -0.4 is 0 Å². The summed E-state index contributed by atoms with van der Waals surface area (Å²) in [6, 6.07) is 9.34. The third kappa shape index (κ3) is 8.30. The van der Waals surface area contributed by atoms with E-state index in [-0.39, 0.29) is 0 Å². The molecule has 160 valence electrons. The van der Waals surface area contributed by atoms with Crippen molar-refractivity contribution in [3.05, 3.63) is 35.4 Å². The third-order valence-corrected chi connectivity index (χ3v) is 7.02. The molecule has 2 rings (SSSR count). The van der Waals surface area contributed by atoms with Gasteiger partial charge >= 0.3 is 0 Å². The molecule has 0 amide bonds. The predicted octanol–water partition coefficient (Wildman–Crippen LogP) is 9.93. The second-order valence-corrected chi connectivity index (χ2v) is 9.37. The Morgan fingerprint density at radius 1 is 0.464 bits per heavy atom. The second-order valence-electron chi connectivity index (χ2n) is 9.37. The van der Waals surface area contributed by atoms with E-state index in [0.717, 1.165) is 11.8 Å². The molecular formula is C28H48. The van der Waals surface area contributed by atoms with Crippen molar-refractivity contribution in [2.24, 2.45) is 0 Å². The van der Waals surface area contributed by atoms with E-state index >= 15 is 0 Å². The molecule has 2 unspecified atom stereocenters. The Labute approximate surface area is 176 Å². The quantitative estimate of drug-likeness (QED) is 0.221. The summed E-state index contributed by atoms with van der Waals surface area (Å²) in [6.45, 7) is 4.61. The van der Waals surface area contributed by atoms with Crippen molar-refractivity contribution in [1.82, 2.24) is 0 Å². The Morgan fingerprint density at radius 3 is 1.14 bits per heavy atom. The Bertz CT molecular complexity index is 444. The van der Waals surface area contributed by atoms with Gasteiger partial charge in [-0.1, -0.05) is 141 Å². The van der Waals surface area contributed by atoms with E-state index in [9.17, 15) is 0 Å². The maximum absolute atomic E-state index is 2.41. The summed E-state index contributed by atoms with van der Waals surface area (Å²) in [7, 11) is 0. The topological polar surface area (TPSA) is 0 Å². The van der Waals surface area contributed by atoms with E-state index in [1.165, 1.54) is 116 Å². The average molecular weight is 385 g/mol. The summed E-state index contributed by atoms with van der Waals surface area (Å²) in [6.07, 6.45) is 25.9. The van der Waals surface area contributed by atoms with Crippen LogP contribution in [0.25, 0.3) is 0 Å². The molecule has 0 aromatic heterocycles. The number of rotatable bonds is 18. The van der Waals surface area contributed by atoms with Gasteiger partial charge < -0.3 is 0 Å². The molecule has 0 fully saturated rings. The molecule has 1 aromatic rings. The Hall–Kier alpha value is -0.780. The monoisotopic (exact) mass is 384 g/mol. The van der Waals surface area contributed by atoms with Crippen LogP contribution in [0.4, 0.5) is 0 Å². The highest BCUT2D eigenvalue weighted by molar-refractivity contribution is 5.44. The van der Waals surface area contributed by atoms with E-state index < -0.39 is 0 Å². The molecule has 0 heterocycles. The molecule has 0 saturated heterocycles. The first-order chi connectivity index (χ1) is 13.9. The summed E-state index contributed by atoms with van der Waals surface area (Å²) in [5, 5.41) is 0. The summed E-state index contributed by atoms with van der Waals surface area (Å²) >= 11 is 0. The van der Waals surface area contributed by atoms with E-state index in [1.807, 2.05) is 0 Å². The molecule has 28 heavy (non-hydrogen) atoms. The van der Waals surface area contributed by atoms with Crippen LogP contribution in [0.2, 0.25) is 0 Å². The molecule has 1 aliphatic carbocycles. The zero-order valence-electron chi connectivity index (χ0n) is 19.2. The number of hydrogen-bond donors (Lipinski definition) is 0. The zero-order valence-corrected chi connectivity index (χ0v) is 19.2. The predicted molar refractivity (Wildman–Crippen MR) is 126 cm³/mol. The molecule has 0 spiro atoms. The highest BCUT2D eigenvalue weighted by Crippen LogP contribution is 2.51. The molecule has 0 radical (unpaired) electrons. The van der Waals surface area contributed by atoms with Crippen LogP contribution >= 0.6 is 0 Å². The van der Waals surface area contributed by atoms with Gasteiger partial charge in [0.2, 0.25) is 0 Å². The van der Waals surface area contributed by atoms with Crippen LogP contribution in [-0.4, -0.2) is 0 Å². The SMILES string of the molecule is CCCCCCCCCCC1c2ccccc2C1CCCCCCCCCC. The first-order valence-electron chi connectivity index (χ1n) is 13.0. The van der Waals surface area contributed by atoms with Crippen LogP contribution in [0, 0.1) is 0 Å². The van der Waals surface area contributed by atoms with Crippen molar-refractivity contribution in [3.63, 3.8) is 0 Å². The van der Waals surface area contributed by atoms with Crippen molar-refractivity contribution in [3.8, 4) is 0 Å². The largest absolute Gasteiger partial charge is 0.0654 e. The molecule has 0 heteroatoms. The lowest BCUT2D eigenvalue weighted by molar-refractivity contribution is 0.387. The molecular weight excluding hydrogens is 336 g/mol. The van der Waals surface area contributed by atoms with Crippen molar-refractivity contribution in [2.75, 3.05) is 0 Å². The standard InChI is InChI=1S/C28H48/c1-3-5-7-9-11-13-15-17-21-25-26(28-24-20-19-23-27(25)28)22-18-16-14-12-10-8-6-4-2/h19-20,23-26H,3-18,21-22H2,1-2H3. The van der Waals surface area contributed by atoms with E-state index in [1.54, 1.807) is 11.1 Å². The van der Waals surface area contributed by atoms with Gasteiger partial charge in [0.1, 0.15) is 0 Å². The van der Waals surface area contributed by atoms with Gasteiger partial charge in [-0.05, 0) is 35.8 Å². The van der Waals surface area contributed by atoms with Gasteiger partial charge in [0, 0.05) is 0 Å². The molecule has 1 aliphatic rings. The van der Waals surface area contributed by atoms with Crippen LogP contribution in [0.1, 0.15) is 152 Å². The smallest absolute Gasteiger partial charge is 0.00901 e. The van der Waals surface area contributed by atoms with Crippen molar-refractivity contribution < 1.29 is 0 Å². The minimum atomic E-state index is 0.876. The molecule has 0 bridgehead atoms. The number of fused-ring (bicyclic) bond motifs is 1. The van der Waals surface area contributed by atoms with Crippen LogP contribution in [0.3, 0.4) is 0 Å². The van der Waals surface area contributed by atoms with E-state index in [2.05, 4.69) is 38.1 Å². The third-order valence-electron chi connectivity index (χ3n) is 7.02. The maximum atomic E-state index is 2.41. The van der Waals surface area contributed by atoms with Gasteiger partial charge in [0.05, 0.1) is 0 Å². The lowest BCUT2D eigenvalue weighted by atomic mass is 9.64. The highest BCUT2D eigenvalue weighted by Gasteiger charge is 2.35. The molecule has 0 nitrogen and oxygen atoms in total. The second kappa shape index (κ2) is 15.1. The molecule has 0 aliphatic heterocycles. The van der Waals surface area contributed by atoms with E-state index in [4.69, 9.17) is 0 Å². The number of benzene rings is 1. The van der Waals surface area contributed by atoms with Crippen LogP contribution in [0.15, 0.2) is 24.3 Å². The Morgan fingerprint density at radius 2 is 0.786 bits per heavy atom. The van der Waals surface area contributed by atoms with Crippen molar-refractivity contribution >= 4 is 0 Å². The minimum Gasteiger partial charge on any atom is -0.0654 e. The minimum absolute atomic E-state index is 0.876. The molecule has 2 atom stereocenters. The van der Waals surface area contributed by atoms with Crippen LogP contribution in [-0.2, 0) is 0 Å². The van der Waals surface area contributed by atoms with Gasteiger partial charge in [-0.2, -0.15) is 0 Å². The van der Waals surface area contributed by atoms with Gasteiger partial charge in [0.25, 0.3) is 0 Å². The lowest BCUT2D eigenvalue weighted by Gasteiger charge is -2.40. The fourth-order valence-electron chi connectivity index (χ4n) is 5.23. The van der Waals surface area contributed by atoms with Crippen molar-refractivity contribution in [2.45, 2.75) is 141 Å². The fourth-order valence-corrected chi connectivity index (χ4v) is 5.23. The van der Waals surface area contributed by atoms with Gasteiger partial charge in [-0.25, -0.2) is 0 Å². The summed E-state index contributed by atoms with van der Waals surface area (Å²) < 4.78 is 0. The van der Waals surface area contributed by atoms with Gasteiger partial charge in [-0.15, -0.1) is 0 Å². The zero-order chi connectivity index (χ0) is 19.9. The Balaban J connectivity index is 1.59. The molecule has 0 N–H and O–H groups in total.